The molecule has 1 aliphatic heterocycles. The van der Waals surface area contributed by atoms with Crippen molar-refractivity contribution >= 4 is 29.2 Å². The molecule has 2 rings (SSSR count). The van der Waals surface area contributed by atoms with Crippen LogP contribution in [0.2, 0.25) is 5.02 Å². The number of nitrogens with zero attached hydrogens (tertiary/aromatic N) is 1. The van der Waals surface area contributed by atoms with Crippen molar-refractivity contribution in [2.24, 2.45) is 0 Å². The lowest BCUT2D eigenvalue weighted by Crippen LogP contribution is -2.28. The summed E-state index contributed by atoms with van der Waals surface area (Å²) >= 11 is 5.92. The van der Waals surface area contributed by atoms with E-state index >= 15 is 0 Å². The Morgan fingerprint density at radius 2 is 2.17 bits per heavy atom. The fraction of sp³-hybridized carbons (Fsp3) is 0.333. The Hall–Kier alpha value is -1.75. The third-order valence-electron chi connectivity index (χ3n) is 2.86. The molecular formula is C12H13ClN2O3. The molecule has 5 nitrogen and oxygen atoms in total. The van der Waals surface area contributed by atoms with E-state index in [4.69, 9.17) is 16.7 Å². The van der Waals surface area contributed by atoms with E-state index in [9.17, 15) is 9.59 Å². The molecule has 96 valence electrons. The molecule has 0 bridgehead atoms. The van der Waals surface area contributed by atoms with E-state index in [1.54, 1.807) is 12.1 Å². The van der Waals surface area contributed by atoms with Gasteiger partial charge in [0.2, 0.25) is 5.91 Å². The molecule has 0 radical (unpaired) electrons. The smallest absolute Gasteiger partial charge is 0.337 e. The van der Waals surface area contributed by atoms with Crippen LogP contribution < -0.4 is 10.2 Å². The summed E-state index contributed by atoms with van der Waals surface area (Å²) < 4.78 is 0. The Bertz CT molecular complexity index is 490. The van der Waals surface area contributed by atoms with Crippen LogP contribution in [0.5, 0.6) is 0 Å². The van der Waals surface area contributed by atoms with Crippen LogP contribution in [-0.4, -0.2) is 36.6 Å². The zero-order valence-electron chi connectivity index (χ0n) is 9.65. The van der Waals surface area contributed by atoms with Gasteiger partial charge in [-0.05, 0) is 18.2 Å². The van der Waals surface area contributed by atoms with Crippen LogP contribution in [0, 0.1) is 0 Å². The average molecular weight is 269 g/mol. The normalized spacial score (nSPS) is 16.1. The van der Waals surface area contributed by atoms with Crippen LogP contribution in [0.1, 0.15) is 16.8 Å². The molecular weight excluding hydrogens is 256 g/mol. The molecule has 0 aromatic heterocycles. The molecule has 1 aromatic carbocycles. The number of hydrogen-bond donors (Lipinski definition) is 2. The van der Waals surface area contributed by atoms with Crippen molar-refractivity contribution in [3.63, 3.8) is 0 Å². The van der Waals surface area contributed by atoms with Gasteiger partial charge in [0.1, 0.15) is 0 Å². The minimum absolute atomic E-state index is 0.0331. The van der Waals surface area contributed by atoms with E-state index in [-0.39, 0.29) is 16.5 Å². The summed E-state index contributed by atoms with van der Waals surface area (Å²) in [5, 5.41) is 11.9. The minimum atomic E-state index is -1.04. The van der Waals surface area contributed by atoms with E-state index in [1.165, 1.54) is 6.07 Å². The molecule has 6 heteroatoms. The van der Waals surface area contributed by atoms with Crippen molar-refractivity contribution in [3.8, 4) is 0 Å². The number of carboxylic acids is 1. The van der Waals surface area contributed by atoms with Crippen molar-refractivity contribution in [3.05, 3.63) is 28.8 Å². The number of carbonyl (C=O) groups excluding carboxylic acids is 1. The Kier molecular flexibility index (Phi) is 3.72. The van der Waals surface area contributed by atoms with Crippen molar-refractivity contribution in [2.45, 2.75) is 6.42 Å². The van der Waals surface area contributed by atoms with E-state index in [0.29, 0.717) is 26.1 Å². The van der Waals surface area contributed by atoms with Gasteiger partial charge in [-0.1, -0.05) is 11.6 Å². The molecule has 1 aromatic rings. The maximum Gasteiger partial charge on any atom is 0.337 e. The van der Waals surface area contributed by atoms with E-state index < -0.39 is 5.97 Å². The summed E-state index contributed by atoms with van der Waals surface area (Å²) in [4.78, 5) is 24.1. The average Bonchev–Trinajstić information content (AvgIpc) is 2.53. The van der Waals surface area contributed by atoms with E-state index in [1.807, 2.05) is 4.90 Å². The Balaban J connectivity index is 2.20. The lowest BCUT2D eigenvalue weighted by molar-refractivity contribution is -0.120. The second-order valence-electron chi connectivity index (χ2n) is 4.06. The second-order valence-corrected chi connectivity index (χ2v) is 4.46. The Labute approximate surface area is 109 Å². The van der Waals surface area contributed by atoms with Gasteiger partial charge in [-0.3, -0.25) is 4.79 Å². The number of nitrogens with one attached hydrogen (secondary N) is 1. The summed E-state index contributed by atoms with van der Waals surface area (Å²) in [5.41, 5.74) is 0.922. The van der Waals surface area contributed by atoms with Gasteiger partial charge in [0.15, 0.2) is 0 Å². The molecule has 1 saturated heterocycles. The molecule has 0 aliphatic carbocycles. The van der Waals surface area contributed by atoms with Gasteiger partial charge in [0, 0.05) is 31.7 Å². The number of carbonyl (C=O) groups is 2. The third kappa shape index (κ3) is 2.73. The molecule has 2 N–H and O–H groups in total. The zero-order valence-corrected chi connectivity index (χ0v) is 10.4. The molecule has 0 unspecified atom stereocenters. The quantitative estimate of drug-likeness (QED) is 0.850. The van der Waals surface area contributed by atoms with Crippen molar-refractivity contribution < 1.29 is 14.7 Å². The van der Waals surface area contributed by atoms with Crippen molar-refractivity contribution in [1.82, 2.24) is 5.32 Å². The highest BCUT2D eigenvalue weighted by Gasteiger charge is 2.16. The first kappa shape index (κ1) is 12.7. The van der Waals surface area contributed by atoms with Crippen LogP contribution in [0.3, 0.4) is 0 Å². The minimum Gasteiger partial charge on any atom is -0.478 e. The van der Waals surface area contributed by atoms with Crippen molar-refractivity contribution in [1.29, 1.82) is 0 Å². The summed E-state index contributed by atoms with van der Waals surface area (Å²) in [6.45, 7) is 1.88. The molecule has 0 atom stereocenters. The standard InChI is InChI=1S/C12H13ClN2O3/c13-10-7-8(1-2-9(10)12(17)18)15-5-3-11(16)14-4-6-15/h1-2,7H,3-6H2,(H,14,16)(H,17,18). The highest BCUT2D eigenvalue weighted by Crippen LogP contribution is 2.24. The first-order valence-electron chi connectivity index (χ1n) is 5.62. The van der Waals surface area contributed by atoms with Gasteiger partial charge in [-0.15, -0.1) is 0 Å². The number of halogens is 1. The topological polar surface area (TPSA) is 69.6 Å². The van der Waals surface area contributed by atoms with E-state index in [0.717, 1.165) is 5.69 Å². The van der Waals surface area contributed by atoms with Crippen LogP contribution in [0.25, 0.3) is 0 Å². The fourth-order valence-corrected chi connectivity index (χ4v) is 2.15. The van der Waals surface area contributed by atoms with Crippen LogP contribution in [0.15, 0.2) is 18.2 Å². The number of aromatic carboxylic acids is 1. The number of carboxylic acid groups (broad SMARTS) is 1. The maximum atomic E-state index is 11.2. The van der Waals surface area contributed by atoms with Gasteiger partial charge in [-0.25, -0.2) is 4.79 Å². The third-order valence-corrected chi connectivity index (χ3v) is 3.17. The summed E-state index contributed by atoms with van der Waals surface area (Å²) in [5.74, 6) is -1.01. The number of rotatable bonds is 2. The van der Waals surface area contributed by atoms with Crippen LogP contribution >= 0.6 is 11.6 Å². The Morgan fingerprint density at radius 1 is 1.39 bits per heavy atom. The molecule has 0 saturated carbocycles. The molecule has 0 spiro atoms. The number of amides is 1. The predicted molar refractivity (Wildman–Crippen MR) is 68.3 cm³/mol. The lowest BCUT2D eigenvalue weighted by atomic mass is 10.2. The highest BCUT2D eigenvalue weighted by atomic mass is 35.5. The van der Waals surface area contributed by atoms with Crippen molar-refractivity contribution in [2.75, 3.05) is 24.5 Å². The van der Waals surface area contributed by atoms with Gasteiger partial charge < -0.3 is 15.3 Å². The van der Waals surface area contributed by atoms with Crippen LogP contribution in [-0.2, 0) is 4.79 Å². The number of anilines is 1. The Morgan fingerprint density at radius 3 is 2.83 bits per heavy atom. The molecule has 1 aliphatic rings. The molecule has 1 heterocycles. The lowest BCUT2D eigenvalue weighted by Gasteiger charge is -2.22. The van der Waals surface area contributed by atoms with Gasteiger partial charge in [0.05, 0.1) is 10.6 Å². The monoisotopic (exact) mass is 268 g/mol. The molecule has 1 amide bonds. The molecule has 1 fully saturated rings. The van der Waals surface area contributed by atoms with E-state index in [2.05, 4.69) is 5.32 Å². The SMILES string of the molecule is O=C1CCN(c2ccc(C(=O)O)c(Cl)c2)CCN1. The predicted octanol–water partition coefficient (Wildman–Crippen LogP) is 1.36. The zero-order chi connectivity index (χ0) is 13.1. The van der Waals surface area contributed by atoms with Crippen LogP contribution in [0.4, 0.5) is 5.69 Å². The first-order chi connectivity index (χ1) is 8.58. The molecule has 18 heavy (non-hydrogen) atoms. The largest absolute Gasteiger partial charge is 0.478 e. The highest BCUT2D eigenvalue weighted by molar-refractivity contribution is 6.33. The number of hydrogen-bond acceptors (Lipinski definition) is 3. The summed E-state index contributed by atoms with van der Waals surface area (Å²) in [7, 11) is 0. The van der Waals surface area contributed by atoms with Gasteiger partial charge >= 0.3 is 5.97 Å². The van der Waals surface area contributed by atoms with Gasteiger partial charge in [-0.2, -0.15) is 0 Å². The summed E-state index contributed by atoms with van der Waals surface area (Å²) in [6.07, 6.45) is 0.429. The maximum absolute atomic E-state index is 11.2. The fourth-order valence-electron chi connectivity index (χ4n) is 1.90. The summed E-state index contributed by atoms with van der Waals surface area (Å²) in [6, 6.07) is 4.83. The van der Waals surface area contributed by atoms with Gasteiger partial charge in [0.25, 0.3) is 0 Å². The first-order valence-corrected chi connectivity index (χ1v) is 6.00. The number of benzene rings is 1. The second kappa shape index (κ2) is 5.27.